The second-order valence-electron chi connectivity index (χ2n) is 10.2. The van der Waals surface area contributed by atoms with Crippen molar-refractivity contribution in [3.05, 3.63) is 158 Å². The van der Waals surface area contributed by atoms with Gasteiger partial charge in [-0.3, -0.25) is 19.9 Å². The van der Waals surface area contributed by atoms with E-state index in [1.165, 1.54) is 0 Å². The van der Waals surface area contributed by atoms with E-state index in [0.29, 0.717) is 0 Å². The fourth-order valence-corrected chi connectivity index (χ4v) is 4.37. The number of carboxylic acid groups (broad SMARTS) is 2. The van der Waals surface area contributed by atoms with E-state index >= 15 is 0 Å². The molecule has 0 atom stereocenters. The number of carboxylic acids is 2. The molecule has 0 aliphatic carbocycles. The summed E-state index contributed by atoms with van der Waals surface area (Å²) in [6.45, 7) is 1.94. The van der Waals surface area contributed by atoms with Crippen LogP contribution in [-0.4, -0.2) is 41.8 Å². The molecule has 10 nitrogen and oxygen atoms in total. The molecule has 0 saturated heterocycles. The number of benzene rings is 1. The quantitative estimate of drug-likeness (QED) is 0.206. The second kappa shape index (κ2) is 20.8. The number of nitrogens with zero attached hydrogens (tertiary/aromatic N) is 6. The van der Waals surface area contributed by atoms with Gasteiger partial charge in [-0.25, -0.2) is 9.97 Å². The number of aliphatic carboxylic acids is 2. The van der Waals surface area contributed by atoms with Gasteiger partial charge in [0.25, 0.3) is 0 Å². The van der Waals surface area contributed by atoms with Gasteiger partial charge in [-0.15, -0.1) is 0 Å². The van der Waals surface area contributed by atoms with Crippen molar-refractivity contribution in [2.45, 2.75) is 13.8 Å². The maximum atomic E-state index is 8.89. The van der Waals surface area contributed by atoms with E-state index in [9.17, 15) is 0 Å². The molecule has 0 amide bonds. The number of hydrogen-bond acceptors (Lipinski definition) is 10. The van der Waals surface area contributed by atoms with Gasteiger partial charge >= 0.3 is 17.1 Å². The normalized spacial score (nSPS) is 9.53. The minimum Gasteiger partial charge on any atom is -0.550 e. The standard InChI is InChI=1S/C21H15N3.C15H11N3.2C2H4O2.Fe/c1-2-8-16(9-3-1)17-14-20(18-10-4-6-12-22-18)24-21(15-17)19-11-5-7-13-23-19;1-3-10-16-12(6-1)14-8-5-9-15(18-14)13-7-2-4-11-17-13;2*1-2(3)4;/h1-15H;1-11H;2*1H3,(H,3,4);/q;;;;+2/p-2. The van der Waals surface area contributed by atoms with Crippen molar-refractivity contribution in [1.29, 1.82) is 0 Å². The number of carbonyl (C=O) groups excluding carboxylic acids is 2. The molecule has 11 heteroatoms. The van der Waals surface area contributed by atoms with Crippen LogP contribution in [0, 0.1) is 0 Å². The van der Waals surface area contributed by atoms with E-state index in [0.717, 1.165) is 70.5 Å². The van der Waals surface area contributed by atoms with Crippen molar-refractivity contribution in [1.82, 2.24) is 29.9 Å². The summed E-state index contributed by atoms with van der Waals surface area (Å²) in [5.74, 6) is -2.17. The molecule has 6 heterocycles. The molecule has 0 radical (unpaired) electrons. The smallest absolute Gasteiger partial charge is 0.550 e. The average Bonchev–Trinajstić information content (AvgIpc) is 3.16. The molecule has 1 aromatic carbocycles. The van der Waals surface area contributed by atoms with Gasteiger partial charge in [-0.05, 0) is 97.8 Å². The predicted molar refractivity (Wildman–Crippen MR) is 188 cm³/mol. The fraction of sp³-hybridized carbons (Fsp3) is 0.0500. The molecule has 51 heavy (non-hydrogen) atoms. The Balaban J connectivity index is 0.000000230. The monoisotopic (exact) mass is 716 g/mol. The number of hydrogen-bond donors (Lipinski definition) is 0. The largest absolute Gasteiger partial charge is 2.00 e. The van der Waals surface area contributed by atoms with Crippen LogP contribution in [0.3, 0.4) is 0 Å². The van der Waals surface area contributed by atoms with Gasteiger partial charge in [0.2, 0.25) is 0 Å². The Hall–Kier alpha value is -6.42. The maximum Gasteiger partial charge on any atom is 2.00 e. The molecule has 7 rings (SSSR count). The number of pyridine rings is 6. The average molecular weight is 717 g/mol. The van der Waals surface area contributed by atoms with Crippen molar-refractivity contribution in [3.63, 3.8) is 0 Å². The van der Waals surface area contributed by atoms with Gasteiger partial charge in [0.15, 0.2) is 0 Å². The summed E-state index contributed by atoms with van der Waals surface area (Å²) in [4.78, 5) is 44.6. The van der Waals surface area contributed by atoms with Crippen LogP contribution in [0.2, 0.25) is 0 Å². The molecule has 0 spiro atoms. The van der Waals surface area contributed by atoms with E-state index in [2.05, 4.69) is 49.2 Å². The summed E-state index contributed by atoms with van der Waals surface area (Å²) in [7, 11) is 0. The summed E-state index contributed by atoms with van der Waals surface area (Å²) in [6, 6.07) is 43.6. The fourth-order valence-electron chi connectivity index (χ4n) is 4.37. The predicted octanol–water partition coefficient (Wildman–Crippen LogP) is 5.59. The van der Waals surface area contributed by atoms with Crippen LogP contribution >= 0.6 is 0 Å². The molecule has 0 unspecified atom stereocenters. The Kier molecular flexibility index (Phi) is 15.9. The van der Waals surface area contributed by atoms with Crippen molar-refractivity contribution in [2.75, 3.05) is 0 Å². The van der Waals surface area contributed by atoms with E-state index < -0.39 is 11.9 Å². The zero-order valence-corrected chi connectivity index (χ0v) is 28.8. The third kappa shape index (κ3) is 13.2. The number of aromatic nitrogens is 6. The van der Waals surface area contributed by atoms with Crippen LogP contribution in [0.15, 0.2) is 158 Å². The Morgan fingerprint density at radius 2 is 0.686 bits per heavy atom. The summed E-state index contributed by atoms with van der Waals surface area (Å²) in [5.41, 5.74) is 9.11. The van der Waals surface area contributed by atoms with E-state index in [1.54, 1.807) is 24.8 Å². The molecule has 0 aliphatic heterocycles. The Labute approximate surface area is 306 Å². The first-order valence-electron chi connectivity index (χ1n) is 15.4. The number of rotatable bonds is 5. The Morgan fingerprint density at radius 1 is 0.392 bits per heavy atom. The van der Waals surface area contributed by atoms with E-state index in [1.807, 2.05) is 109 Å². The molecular weight excluding hydrogens is 684 g/mol. The first-order chi connectivity index (χ1) is 24.3. The van der Waals surface area contributed by atoms with Gasteiger partial charge in [-0.2, -0.15) is 0 Å². The zero-order valence-electron chi connectivity index (χ0n) is 27.7. The van der Waals surface area contributed by atoms with Gasteiger partial charge in [-0.1, -0.05) is 60.7 Å². The maximum absolute atomic E-state index is 8.89. The molecule has 0 bridgehead atoms. The summed E-state index contributed by atoms with van der Waals surface area (Å²) in [6.07, 6.45) is 7.11. The molecular formula is C40H32FeN6O4. The van der Waals surface area contributed by atoms with E-state index in [4.69, 9.17) is 24.8 Å². The van der Waals surface area contributed by atoms with Crippen molar-refractivity contribution >= 4 is 11.9 Å². The zero-order chi connectivity index (χ0) is 35.6. The van der Waals surface area contributed by atoms with Gasteiger partial charge in [0.05, 0.1) is 45.6 Å². The SMILES string of the molecule is CC(=O)[O-].CC(=O)[O-].[Fe+2].c1ccc(-c2cc(-c3ccccn3)nc(-c3ccccn3)c2)cc1.c1ccc(-c2cccc(-c3ccccn3)n2)nc1. The molecule has 7 aromatic rings. The number of carbonyl (C=O) groups is 2. The second-order valence-corrected chi connectivity index (χ2v) is 10.2. The molecule has 0 N–H and O–H groups in total. The third-order valence-electron chi connectivity index (χ3n) is 6.39. The van der Waals surface area contributed by atoms with Crippen molar-refractivity contribution < 1.29 is 36.9 Å². The molecule has 254 valence electrons. The third-order valence-corrected chi connectivity index (χ3v) is 6.39. The van der Waals surface area contributed by atoms with Crippen LogP contribution in [0.5, 0.6) is 0 Å². The topological polar surface area (TPSA) is 158 Å². The van der Waals surface area contributed by atoms with Crippen LogP contribution in [0.25, 0.3) is 56.7 Å². The summed E-state index contributed by atoms with van der Waals surface area (Å²) in [5, 5.41) is 17.8. The van der Waals surface area contributed by atoms with Gasteiger partial charge in [0.1, 0.15) is 0 Å². The van der Waals surface area contributed by atoms with Crippen LogP contribution in [0.1, 0.15) is 13.8 Å². The molecule has 6 aromatic heterocycles. The summed E-state index contributed by atoms with van der Waals surface area (Å²) < 4.78 is 0. The van der Waals surface area contributed by atoms with Gasteiger partial charge < -0.3 is 19.8 Å². The van der Waals surface area contributed by atoms with Gasteiger partial charge in [0, 0.05) is 36.7 Å². The van der Waals surface area contributed by atoms with Crippen LogP contribution in [0.4, 0.5) is 0 Å². The Bertz CT molecular complexity index is 1860. The van der Waals surface area contributed by atoms with Crippen LogP contribution < -0.4 is 10.2 Å². The van der Waals surface area contributed by atoms with Crippen molar-refractivity contribution in [2.24, 2.45) is 0 Å². The minimum absolute atomic E-state index is 0. The summed E-state index contributed by atoms with van der Waals surface area (Å²) >= 11 is 0. The first kappa shape index (κ1) is 39.0. The first-order valence-corrected chi connectivity index (χ1v) is 15.4. The molecule has 0 aliphatic rings. The van der Waals surface area contributed by atoms with Crippen LogP contribution in [-0.2, 0) is 26.7 Å². The molecule has 0 saturated carbocycles. The van der Waals surface area contributed by atoms with Crippen molar-refractivity contribution in [3.8, 4) is 56.7 Å². The van der Waals surface area contributed by atoms with E-state index in [-0.39, 0.29) is 17.1 Å². The minimum atomic E-state index is -1.08. The molecule has 0 fully saturated rings. The Morgan fingerprint density at radius 3 is 1.02 bits per heavy atom.